The topological polar surface area (TPSA) is 66.4 Å². The molecule has 1 aliphatic heterocycles. The summed E-state index contributed by atoms with van der Waals surface area (Å²) in [4.78, 5) is 11.6. The molecular weight excluding hydrogens is 384 g/mol. The maximum atomic E-state index is 13.2. The molecule has 0 N–H and O–H groups in total. The lowest BCUT2D eigenvalue weighted by molar-refractivity contribution is 0.433. The van der Waals surface area contributed by atoms with Crippen LogP contribution in [-0.4, -0.2) is 48.9 Å². The highest BCUT2D eigenvalue weighted by molar-refractivity contribution is 7.89. The number of benzene rings is 1. The van der Waals surface area contributed by atoms with Gasteiger partial charge in [0.2, 0.25) is 10.0 Å². The standard InChI is InChI=1S/C22H32N4O2S/c1-16-17(2)23-18(3)24-21(16)25-12-7-13-26(15-14-25)29(27,28)20-10-8-19(9-11-20)22(4,5)6/h8-11H,7,12-15H2,1-6H3. The fraction of sp³-hybridized carbons (Fsp3) is 0.545. The maximum absolute atomic E-state index is 13.2. The van der Waals surface area contributed by atoms with E-state index in [1.54, 1.807) is 16.4 Å². The molecule has 1 aromatic carbocycles. The summed E-state index contributed by atoms with van der Waals surface area (Å²) >= 11 is 0. The number of hydrogen-bond donors (Lipinski definition) is 0. The zero-order valence-corrected chi connectivity index (χ0v) is 19.2. The highest BCUT2D eigenvalue weighted by Crippen LogP contribution is 2.26. The molecule has 158 valence electrons. The van der Waals surface area contributed by atoms with Crippen molar-refractivity contribution in [2.24, 2.45) is 0 Å². The van der Waals surface area contributed by atoms with Crippen LogP contribution in [0.3, 0.4) is 0 Å². The molecule has 7 heteroatoms. The summed E-state index contributed by atoms with van der Waals surface area (Å²) in [6, 6.07) is 7.32. The molecule has 0 bridgehead atoms. The zero-order valence-electron chi connectivity index (χ0n) is 18.4. The average molecular weight is 417 g/mol. The molecule has 29 heavy (non-hydrogen) atoms. The van der Waals surface area contributed by atoms with Crippen molar-refractivity contribution in [3.8, 4) is 0 Å². The van der Waals surface area contributed by atoms with Crippen LogP contribution in [0, 0.1) is 20.8 Å². The van der Waals surface area contributed by atoms with Crippen LogP contribution >= 0.6 is 0 Å². The van der Waals surface area contributed by atoms with Gasteiger partial charge in [-0.25, -0.2) is 18.4 Å². The highest BCUT2D eigenvalue weighted by atomic mass is 32.2. The number of aromatic nitrogens is 2. The van der Waals surface area contributed by atoms with Crippen LogP contribution in [0.1, 0.15) is 49.8 Å². The minimum absolute atomic E-state index is 0.00292. The molecule has 0 saturated carbocycles. The molecule has 6 nitrogen and oxygen atoms in total. The first-order valence-corrected chi connectivity index (χ1v) is 11.6. The molecule has 0 atom stereocenters. The molecule has 0 amide bonds. The largest absolute Gasteiger partial charge is 0.355 e. The van der Waals surface area contributed by atoms with Gasteiger partial charge in [0.15, 0.2) is 0 Å². The molecule has 1 aromatic heterocycles. The summed E-state index contributed by atoms with van der Waals surface area (Å²) in [5.41, 5.74) is 3.16. The molecule has 2 heterocycles. The lowest BCUT2D eigenvalue weighted by atomic mass is 9.87. The van der Waals surface area contributed by atoms with Gasteiger partial charge in [0.05, 0.1) is 4.90 Å². The second-order valence-corrected chi connectivity index (χ2v) is 10.8. The smallest absolute Gasteiger partial charge is 0.243 e. The van der Waals surface area contributed by atoms with Crippen molar-refractivity contribution in [2.45, 2.75) is 58.3 Å². The lowest BCUT2D eigenvalue weighted by Crippen LogP contribution is -2.35. The molecule has 1 saturated heterocycles. The van der Waals surface area contributed by atoms with Crippen molar-refractivity contribution in [2.75, 3.05) is 31.1 Å². The molecule has 0 spiro atoms. The van der Waals surface area contributed by atoms with Crippen molar-refractivity contribution in [1.82, 2.24) is 14.3 Å². The average Bonchev–Trinajstić information content (AvgIpc) is 2.90. The number of sulfonamides is 1. The zero-order chi connectivity index (χ0) is 21.4. The third kappa shape index (κ3) is 4.61. The first-order chi connectivity index (χ1) is 13.5. The second-order valence-electron chi connectivity index (χ2n) is 8.82. The molecule has 3 rings (SSSR count). The highest BCUT2D eigenvalue weighted by Gasteiger charge is 2.28. The van der Waals surface area contributed by atoms with E-state index in [0.717, 1.165) is 41.4 Å². The Morgan fingerprint density at radius 1 is 0.897 bits per heavy atom. The molecule has 1 aliphatic rings. The summed E-state index contributed by atoms with van der Waals surface area (Å²) in [7, 11) is -3.51. The number of anilines is 1. The Bertz CT molecular complexity index is 979. The van der Waals surface area contributed by atoms with E-state index in [2.05, 4.69) is 35.6 Å². The molecule has 0 radical (unpaired) electrons. The fourth-order valence-corrected chi connectivity index (χ4v) is 5.15. The fourth-order valence-electron chi connectivity index (χ4n) is 3.68. The van der Waals surface area contributed by atoms with Crippen LogP contribution in [0.2, 0.25) is 0 Å². The minimum Gasteiger partial charge on any atom is -0.355 e. The normalized spacial score (nSPS) is 16.7. The monoisotopic (exact) mass is 416 g/mol. The van der Waals surface area contributed by atoms with Crippen LogP contribution in [0.25, 0.3) is 0 Å². The molecular formula is C22H32N4O2S. The Balaban J connectivity index is 1.80. The van der Waals surface area contributed by atoms with E-state index in [-0.39, 0.29) is 5.41 Å². The molecule has 0 unspecified atom stereocenters. The van der Waals surface area contributed by atoms with Crippen molar-refractivity contribution in [3.63, 3.8) is 0 Å². The SMILES string of the molecule is Cc1nc(C)c(C)c(N2CCCN(S(=O)(=O)c3ccc(C(C)(C)C)cc3)CC2)n1. The van der Waals surface area contributed by atoms with Gasteiger partial charge in [-0.05, 0) is 50.3 Å². The molecule has 0 aliphatic carbocycles. The Hall–Kier alpha value is -1.99. The van der Waals surface area contributed by atoms with E-state index in [0.29, 0.717) is 24.5 Å². The van der Waals surface area contributed by atoms with E-state index in [1.807, 2.05) is 32.9 Å². The lowest BCUT2D eigenvalue weighted by Gasteiger charge is -2.25. The third-order valence-corrected chi connectivity index (χ3v) is 7.50. The van der Waals surface area contributed by atoms with Gasteiger partial charge < -0.3 is 4.90 Å². The van der Waals surface area contributed by atoms with E-state index in [1.165, 1.54) is 0 Å². The summed E-state index contributed by atoms with van der Waals surface area (Å²) in [5.74, 6) is 1.67. The predicted molar refractivity (Wildman–Crippen MR) is 117 cm³/mol. The summed E-state index contributed by atoms with van der Waals surface area (Å²) in [5, 5.41) is 0. The van der Waals surface area contributed by atoms with E-state index < -0.39 is 10.0 Å². The van der Waals surface area contributed by atoms with Gasteiger partial charge >= 0.3 is 0 Å². The van der Waals surface area contributed by atoms with Gasteiger partial charge in [0.25, 0.3) is 0 Å². The van der Waals surface area contributed by atoms with Crippen molar-refractivity contribution >= 4 is 15.8 Å². The summed E-state index contributed by atoms with van der Waals surface area (Å²) in [6.45, 7) is 14.7. The Morgan fingerprint density at radius 3 is 2.17 bits per heavy atom. The van der Waals surface area contributed by atoms with Gasteiger partial charge in [-0.3, -0.25) is 0 Å². The van der Waals surface area contributed by atoms with Crippen molar-refractivity contribution < 1.29 is 8.42 Å². The van der Waals surface area contributed by atoms with Crippen molar-refractivity contribution in [3.05, 3.63) is 46.9 Å². The minimum atomic E-state index is -3.51. The van der Waals surface area contributed by atoms with E-state index >= 15 is 0 Å². The molecule has 2 aromatic rings. The van der Waals surface area contributed by atoms with Crippen LogP contribution in [0.5, 0.6) is 0 Å². The van der Waals surface area contributed by atoms with Gasteiger partial charge in [-0.2, -0.15) is 4.31 Å². The number of rotatable bonds is 3. The summed E-state index contributed by atoms with van der Waals surface area (Å²) in [6.07, 6.45) is 0.765. The van der Waals surface area contributed by atoms with Crippen LogP contribution < -0.4 is 4.90 Å². The quantitative estimate of drug-likeness (QED) is 0.765. The van der Waals surface area contributed by atoms with Gasteiger partial charge in [-0.1, -0.05) is 32.9 Å². The Labute approximate surface area is 175 Å². The number of hydrogen-bond acceptors (Lipinski definition) is 5. The molecule has 1 fully saturated rings. The van der Waals surface area contributed by atoms with Crippen LogP contribution in [0.4, 0.5) is 5.82 Å². The second kappa shape index (κ2) is 8.03. The first-order valence-electron chi connectivity index (χ1n) is 10.2. The summed E-state index contributed by atoms with van der Waals surface area (Å²) < 4.78 is 28.0. The number of nitrogens with zero attached hydrogens (tertiary/aromatic N) is 4. The van der Waals surface area contributed by atoms with E-state index in [9.17, 15) is 8.42 Å². The third-order valence-electron chi connectivity index (χ3n) is 5.59. The maximum Gasteiger partial charge on any atom is 0.243 e. The van der Waals surface area contributed by atoms with E-state index in [4.69, 9.17) is 0 Å². The van der Waals surface area contributed by atoms with Gasteiger partial charge in [-0.15, -0.1) is 0 Å². The van der Waals surface area contributed by atoms with Gasteiger partial charge in [0, 0.05) is 37.4 Å². The predicted octanol–water partition coefficient (Wildman–Crippen LogP) is 3.60. The van der Waals surface area contributed by atoms with Crippen LogP contribution in [0.15, 0.2) is 29.2 Å². The van der Waals surface area contributed by atoms with Gasteiger partial charge in [0.1, 0.15) is 11.6 Å². The van der Waals surface area contributed by atoms with Crippen molar-refractivity contribution in [1.29, 1.82) is 0 Å². The Kier molecular flexibility index (Phi) is 6.01. The Morgan fingerprint density at radius 2 is 1.55 bits per heavy atom. The first kappa shape index (κ1) is 21.7. The number of aryl methyl sites for hydroxylation is 2. The van der Waals surface area contributed by atoms with Crippen LogP contribution in [-0.2, 0) is 15.4 Å².